The first-order chi connectivity index (χ1) is 11.6. The number of halogens is 1. The minimum atomic E-state index is -0.388. The lowest BCUT2D eigenvalue weighted by molar-refractivity contribution is 0.0527. The maximum Gasteiger partial charge on any atom is 0.341 e. The summed E-state index contributed by atoms with van der Waals surface area (Å²) < 4.78 is 6.09. The van der Waals surface area contributed by atoms with Crippen LogP contribution >= 0.6 is 15.9 Å². The van der Waals surface area contributed by atoms with Gasteiger partial charge in [0.15, 0.2) is 0 Å². The van der Waals surface area contributed by atoms with Gasteiger partial charge in [0, 0.05) is 21.7 Å². The van der Waals surface area contributed by atoms with Gasteiger partial charge in [-0.1, -0.05) is 33.6 Å². The fraction of sp³-hybridized carbons (Fsp3) is 0.158. The number of rotatable bonds is 4. The van der Waals surface area contributed by atoms with E-state index in [1.165, 1.54) is 5.56 Å². The number of esters is 1. The molecule has 0 atom stereocenters. The molecular formula is C19H17BrN2O2. The van der Waals surface area contributed by atoms with E-state index in [0.29, 0.717) is 17.9 Å². The second-order valence-corrected chi connectivity index (χ2v) is 6.34. The molecular weight excluding hydrogens is 368 g/mol. The van der Waals surface area contributed by atoms with E-state index in [1.54, 1.807) is 13.1 Å². The number of aryl methyl sites for hydroxylation is 1. The number of pyridine rings is 1. The lowest BCUT2D eigenvalue weighted by atomic mass is 10.1. The standard InChI is InChI=1S/C19H17BrN2O2/c1-3-24-19(23)16-11-21-17-9-6-13(20)10-15(17)18(16)22-14-7-4-12(2)5-8-14/h4-11H,3H2,1-2H3,(H,21,22). The van der Waals surface area contributed by atoms with Gasteiger partial charge in [0.05, 0.1) is 17.8 Å². The second-order valence-electron chi connectivity index (χ2n) is 5.42. The predicted molar refractivity (Wildman–Crippen MR) is 99.9 cm³/mol. The fourth-order valence-corrected chi connectivity index (χ4v) is 2.81. The Morgan fingerprint density at radius 3 is 2.67 bits per heavy atom. The molecule has 0 radical (unpaired) electrons. The molecule has 0 unspecified atom stereocenters. The molecule has 0 aliphatic rings. The molecule has 3 rings (SSSR count). The Balaban J connectivity index is 2.16. The summed E-state index contributed by atoms with van der Waals surface area (Å²) in [5.41, 5.74) is 4.00. The molecule has 3 aromatic rings. The van der Waals surface area contributed by atoms with E-state index in [4.69, 9.17) is 4.74 Å². The van der Waals surface area contributed by atoms with Crippen LogP contribution in [-0.2, 0) is 4.74 Å². The highest BCUT2D eigenvalue weighted by Crippen LogP contribution is 2.31. The monoisotopic (exact) mass is 384 g/mol. The average Bonchev–Trinajstić information content (AvgIpc) is 2.57. The van der Waals surface area contributed by atoms with Crippen LogP contribution < -0.4 is 5.32 Å². The van der Waals surface area contributed by atoms with Gasteiger partial charge >= 0.3 is 5.97 Å². The van der Waals surface area contributed by atoms with E-state index < -0.39 is 0 Å². The van der Waals surface area contributed by atoms with Crippen LogP contribution in [0.1, 0.15) is 22.8 Å². The number of carbonyl (C=O) groups excluding carboxylic acids is 1. The van der Waals surface area contributed by atoms with Gasteiger partial charge in [-0.3, -0.25) is 4.98 Å². The van der Waals surface area contributed by atoms with Crippen LogP contribution in [0.25, 0.3) is 10.9 Å². The van der Waals surface area contributed by atoms with Crippen molar-refractivity contribution < 1.29 is 9.53 Å². The molecule has 1 N–H and O–H groups in total. The van der Waals surface area contributed by atoms with Crippen LogP contribution in [0.5, 0.6) is 0 Å². The number of anilines is 2. The van der Waals surface area contributed by atoms with E-state index in [-0.39, 0.29) is 5.97 Å². The van der Waals surface area contributed by atoms with Crippen LogP contribution in [0.15, 0.2) is 53.1 Å². The van der Waals surface area contributed by atoms with Crippen molar-refractivity contribution >= 4 is 44.2 Å². The second kappa shape index (κ2) is 7.01. The molecule has 2 aromatic carbocycles. The molecule has 0 saturated carbocycles. The number of hydrogen-bond acceptors (Lipinski definition) is 4. The van der Waals surface area contributed by atoms with E-state index >= 15 is 0 Å². The van der Waals surface area contributed by atoms with E-state index in [9.17, 15) is 4.79 Å². The molecule has 0 fully saturated rings. The van der Waals surface area contributed by atoms with Gasteiger partial charge in [-0.25, -0.2) is 4.79 Å². The third-order valence-corrected chi connectivity index (χ3v) is 4.14. The van der Waals surface area contributed by atoms with Crippen molar-refractivity contribution in [2.45, 2.75) is 13.8 Å². The van der Waals surface area contributed by atoms with Crippen molar-refractivity contribution in [3.63, 3.8) is 0 Å². The quantitative estimate of drug-likeness (QED) is 0.625. The minimum absolute atomic E-state index is 0.319. The minimum Gasteiger partial charge on any atom is -0.462 e. The summed E-state index contributed by atoms with van der Waals surface area (Å²) >= 11 is 3.48. The highest BCUT2D eigenvalue weighted by molar-refractivity contribution is 9.10. The number of nitrogens with one attached hydrogen (secondary N) is 1. The number of fused-ring (bicyclic) bond motifs is 1. The first kappa shape index (κ1) is 16.5. The number of carbonyl (C=O) groups is 1. The van der Waals surface area contributed by atoms with E-state index in [2.05, 4.69) is 26.2 Å². The Morgan fingerprint density at radius 2 is 1.96 bits per heavy atom. The Morgan fingerprint density at radius 1 is 1.21 bits per heavy atom. The van der Waals surface area contributed by atoms with Gasteiger partial charge < -0.3 is 10.1 Å². The van der Waals surface area contributed by atoms with Crippen LogP contribution in [-0.4, -0.2) is 17.6 Å². The Labute approximate surface area is 149 Å². The number of aromatic nitrogens is 1. The smallest absolute Gasteiger partial charge is 0.341 e. The van der Waals surface area contributed by atoms with Crippen molar-refractivity contribution in [1.82, 2.24) is 4.98 Å². The molecule has 0 bridgehead atoms. The van der Waals surface area contributed by atoms with Crippen molar-refractivity contribution in [2.75, 3.05) is 11.9 Å². The van der Waals surface area contributed by atoms with Gasteiger partial charge in [0.2, 0.25) is 0 Å². The summed E-state index contributed by atoms with van der Waals surface area (Å²) in [6, 6.07) is 13.8. The van der Waals surface area contributed by atoms with E-state index in [1.807, 2.05) is 49.4 Å². The van der Waals surface area contributed by atoms with Crippen LogP contribution in [0.4, 0.5) is 11.4 Å². The van der Waals surface area contributed by atoms with Crippen molar-refractivity contribution in [1.29, 1.82) is 0 Å². The first-order valence-electron chi connectivity index (χ1n) is 7.67. The predicted octanol–water partition coefficient (Wildman–Crippen LogP) is 5.23. The van der Waals surface area contributed by atoms with Crippen molar-refractivity contribution in [2.24, 2.45) is 0 Å². The summed E-state index contributed by atoms with van der Waals surface area (Å²) in [6.07, 6.45) is 1.56. The van der Waals surface area contributed by atoms with Gasteiger partial charge in [0.1, 0.15) is 5.56 Å². The van der Waals surface area contributed by atoms with Gasteiger partial charge in [-0.15, -0.1) is 0 Å². The summed E-state index contributed by atoms with van der Waals surface area (Å²) in [5.74, 6) is -0.388. The molecule has 1 aromatic heterocycles. The van der Waals surface area contributed by atoms with Crippen LogP contribution in [0, 0.1) is 6.92 Å². The molecule has 5 heteroatoms. The maximum atomic E-state index is 12.3. The molecule has 24 heavy (non-hydrogen) atoms. The zero-order valence-corrected chi connectivity index (χ0v) is 15.1. The highest BCUT2D eigenvalue weighted by Gasteiger charge is 2.17. The molecule has 0 aliphatic carbocycles. The molecule has 1 heterocycles. The van der Waals surface area contributed by atoms with Crippen LogP contribution in [0.2, 0.25) is 0 Å². The van der Waals surface area contributed by atoms with Crippen molar-refractivity contribution in [3.05, 3.63) is 64.3 Å². The molecule has 0 amide bonds. The lowest BCUT2D eigenvalue weighted by Gasteiger charge is -2.14. The third kappa shape index (κ3) is 3.41. The van der Waals surface area contributed by atoms with Crippen molar-refractivity contribution in [3.8, 4) is 0 Å². The summed E-state index contributed by atoms with van der Waals surface area (Å²) in [7, 11) is 0. The largest absolute Gasteiger partial charge is 0.462 e. The summed E-state index contributed by atoms with van der Waals surface area (Å²) in [6.45, 7) is 4.14. The van der Waals surface area contributed by atoms with Gasteiger partial charge in [0.25, 0.3) is 0 Å². The highest BCUT2D eigenvalue weighted by atomic mass is 79.9. The molecule has 4 nitrogen and oxygen atoms in total. The average molecular weight is 385 g/mol. The van der Waals surface area contributed by atoms with Gasteiger partial charge in [-0.05, 0) is 44.2 Å². The number of ether oxygens (including phenoxy) is 1. The maximum absolute atomic E-state index is 12.3. The third-order valence-electron chi connectivity index (χ3n) is 3.65. The number of nitrogens with zero attached hydrogens (tertiary/aromatic N) is 1. The first-order valence-corrected chi connectivity index (χ1v) is 8.47. The topological polar surface area (TPSA) is 51.2 Å². The Bertz CT molecular complexity index is 892. The number of hydrogen-bond donors (Lipinski definition) is 1. The SMILES string of the molecule is CCOC(=O)c1cnc2ccc(Br)cc2c1Nc1ccc(C)cc1. The zero-order chi connectivity index (χ0) is 17.1. The normalized spacial score (nSPS) is 10.6. The van der Waals surface area contributed by atoms with Crippen LogP contribution in [0.3, 0.4) is 0 Å². The molecule has 122 valence electrons. The Hall–Kier alpha value is -2.40. The number of benzene rings is 2. The molecule has 0 spiro atoms. The zero-order valence-electron chi connectivity index (χ0n) is 13.5. The molecule has 0 aliphatic heterocycles. The lowest BCUT2D eigenvalue weighted by Crippen LogP contribution is -2.09. The molecule has 0 saturated heterocycles. The van der Waals surface area contributed by atoms with Gasteiger partial charge in [-0.2, -0.15) is 0 Å². The summed E-state index contributed by atoms with van der Waals surface area (Å²) in [4.78, 5) is 16.7. The summed E-state index contributed by atoms with van der Waals surface area (Å²) in [5, 5.41) is 4.20. The fourth-order valence-electron chi connectivity index (χ4n) is 2.44. The van der Waals surface area contributed by atoms with E-state index in [0.717, 1.165) is 21.1 Å². The Kier molecular flexibility index (Phi) is 4.81.